The molecule has 1 aromatic rings. The van der Waals surface area contributed by atoms with Gasteiger partial charge in [0.25, 0.3) is 0 Å². The summed E-state index contributed by atoms with van der Waals surface area (Å²) in [5, 5.41) is 9.81. The molecule has 1 aromatic heterocycles. The normalized spacial score (nSPS) is 22.4. The van der Waals surface area contributed by atoms with E-state index in [1.807, 2.05) is 17.0 Å². The van der Waals surface area contributed by atoms with Gasteiger partial charge in [-0.2, -0.15) is 0 Å². The molecule has 0 aliphatic carbocycles. The van der Waals surface area contributed by atoms with Crippen molar-refractivity contribution in [3.8, 4) is 0 Å². The van der Waals surface area contributed by atoms with Crippen molar-refractivity contribution in [2.75, 3.05) is 11.4 Å². The summed E-state index contributed by atoms with van der Waals surface area (Å²) in [4.78, 5) is 6.22. The zero-order valence-corrected chi connectivity index (χ0v) is 9.44. The molecule has 2 heterocycles. The number of halogens is 1. The predicted octanol–water partition coefficient (Wildman–Crippen LogP) is 2.15. The Bertz CT molecular complexity index is 319. The fourth-order valence-corrected chi connectivity index (χ4v) is 2.23. The maximum absolute atomic E-state index is 9.81. The lowest BCUT2D eigenvalue weighted by Crippen LogP contribution is -2.40. The molecule has 0 bridgehead atoms. The molecule has 0 amide bonds. The Kier molecular flexibility index (Phi) is 3.03. The third-order valence-corrected chi connectivity index (χ3v) is 3.10. The van der Waals surface area contributed by atoms with Gasteiger partial charge in [-0.3, -0.25) is 0 Å². The number of aliphatic hydroxyl groups excluding tert-OH is 1. The second-order valence-electron chi connectivity index (χ2n) is 3.48. The maximum Gasteiger partial charge on any atom is 0.144 e. The van der Waals surface area contributed by atoms with Crippen LogP contribution in [-0.4, -0.2) is 22.9 Å². The standard InChI is InChI=1S/C10H13BrN2O/c11-8-4-3-6-12-10(8)13-7-2-1-5-9(13)14/h3-4,6,9,14H,1-2,5,7H2. The van der Waals surface area contributed by atoms with Crippen LogP contribution >= 0.6 is 15.9 Å². The van der Waals surface area contributed by atoms with Gasteiger partial charge in [0.1, 0.15) is 12.0 Å². The summed E-state index contributed by atoms with van der Waals surface area (Å²) in [5.74, 6) is 0.847. The molecule has 0 aromatic carbocycles. The van der Waals surface area contributed by atoms with Crippen LogP contribution in [0.5, 0.6) is 0 Å². The van der Waals surface area contributed by atoms with Crippen LogP contribution in [0.1, 0.15) is 19.3 Å². The van der Waals surface area contributed by atoms with Gasteiger partial charge >= 0.3 is 0 Å². The highest BCUT2D eigenvalue weighted by molar-refractivity contribution is 9.10. The molecule has 14 heavy (non-hydrogen) atoms. The number of aliphatic hydroxyl groups is 1. The van der Waals surface area contributed by atoms with Gasteiger partial charge in [0.2, 0.25) is 0 Å². The summed E-state index contributed by atoms with van der Waals surface area (Å²) in [6.45, 7) is 0.886. The molecule has 0 radical (unpaired) electrons. The summed E-state index contributed by atoms with van der Waals surface area (Å²) < 4.78 is 0.945. The van der Waals surface area contributed by atoms with Crippen LogP contribution in [0.25, 0.3) is 0 Å². The van der Waals surface area contributed by atoms with E-state index in [9.17, 15) is 5.11 Å². The van der Waals surface area contributed by atoms with Gasteiger partial charge in [0, 0.05) is 12.7 Å². The highest BCUT2D eigenvalue weighted by atomic mass is 79.9. The van der Waals surface area contributed by atoms with Gasteiger partial charge in [-0.1, -0.05) is 0 Å². The van der Waals surface area contributed by atoms with Crippen molar-refractivity contribution in [2.45, 2.75) is 25.5 Å². The number of hydrogen-bond donors (Lipinski definition) is 1. The molecule has 4 heteroatoms. The monoisotopic (exact) mass is 256 g/mol. The molecule has 1 aliphatic heterocycles. The summed E-state index contributed by atoms with van der Waals surface area (Å²) in [7, 11) is 0. The van der Waals surface area contributed by atoms with E-state index in [2.05, 4.69) is 20.9 Å². The third-order valence-electron chi connectivity index (χ3n) is 2.48. The van der Waals surface area contributed by atoms with Crippen LogP contribution in [0.2, 0.25) is 0 Å². The SMILES string of the molecule is OC1CCCCN1c1ncccc1Br. The average Bonchev–Trinajstić information content (AvgIpc) is 2.20. The first kappa shape index (κ1) is 9.93. The van der Waals surface area contributed by atoms with Gasteiger partial charge in [0.15, 0.2) is 0 Å². The lowest BCUT2D eigenvalue weighted by Gasteiger charge is -2.33. The molecule has 2 rings (SSSR count). The van der Waals surface area contributed by atoms with E-state index in [0.717, 1.165) is 36.1 Å². The highest BCUT2D eigenvalue weighted by Gasteiger charge is 2.22. The Balaban J connectivity index is 2.25. The Morgan fingerprint density at radius 1 is 1.50 bits per heavy atom. The lowest BCUT2D eigenvalue weighted by atomic mass is 10.1. The van der Waals surface area contributed by atoms with Crippen LogP contribution in [0, 0.1) is 0 Å². The van der Waals surface area contributed by atoms with E-state index < -0.39 is 0 Å². The summed E-state index contributed by atoms with van der Waals surface area (Å²) >= 11 is 3.44. The first-order valence-electron chi connectivity index (χ1n) is 4.84. The molecular formula is C10H13BrN2O. The van der Waals surface area contributed by atoms with E-state index in [-0.39, 0.29) is 6.23 Å². The molecule has 1 unspecified atom stereocenters. The molecule has 3 nitrogen and oxygen atoms in total. The zero-order valence-electron chi connectivity index (χ0n) is 7.86. The highest BCUT2D eigenvalue weighted by Crippen LogP contribution is 2.27. The molecule has 76 valence electrons. The minimum absolute atomic E-state index is 0.380. The smallest absolute Gasteiger partial charge is 0.144 e. The van der Waals surface area contributed by atoms with Gasteiger partial charge in [-0.05, 0) is 47.3 Å². The number of hydrogen-bond acceptors (Lipinski definition) is 3. The Morgan fingerprint density at radius 2 is 2.36 bits per heavy atom. The first-order chi connectivity index (χ1) is 6.79. The van der Waals surface area contributed by atoms with Crippen molar-refractivity contribution >= 4 is 21.7 Å². The van der Waals surface area contributed by atoms with E-state index >= 15 is 0 Å². The van der Waals surface area contributed by atoms with Crippen molar-refractivity contribution < 1.29 is 5.11 Å². The van der Waals surface area contributed by atoms with Crippen LogP contribution in [0.3, 0.4) is 0 Å². The van der Waals surface area contributed by atoms with Crippen molar-refractivity contribution in [1.29, 1.82) is 0 Å². The van der Waals surface area contributed by atoms with Crippen molar-refractivity contribution in [3.63, 3.8) is 0 Å². The fourth-order valence-electron chi connectivity index (χ4n) is 1.75. The molecule has 1 atom stereocenters. The van der Waals surface area contributed by atoms with Gasteiger partial charge in [-0.25, -0.2) is 4.98 Å². The summed E-state index contributed by atoms with van der Waals surface area (Å²) in [5.41, 5.74) is 0. The fraction of sp³-hybridized carbons (Fsp3) is 0.500. The van der Waals surface area contributed by atoms with E-state index in [4.69, 9.17) is 0 Å². The predicted molar refractivity (Wildman–Crippen MR) is 59.1 cm³/mol. The van der Waals surface area contributed by atoms with Gasteiger partial charge in [-0.15, -0.1) is 0 Å². The Labute approximate surface area is 91.9 Å². The average molecular weight is 257 g/mol. The van der Waals surface area contributed by atoms with E-state index in [1.54, 1.807) is 6.20 Å². The Morgan fingerprint density at radius 3 is 3.07 bits per heavy atom. The number of aromatic nitrogens is 1. The number of piperidine rings is 1. The summed E-state index contributed by atoms with van der Waals surface area (Å²) in [6, 6.07) is 3.83. The number of nitrogens with zero attached hydrogens (tertiary/aromatic N) is 2. The quantitative estimate of drug-likeness (QED) is 0.837. The first-order valence-corrected chi connectivity index (χ1v) is 5.63. The second-order valence-corrected chi connectivity index (χ2v) is 4.33. The molecular weight excluding hydrogens is 244 g/mol. The number of rotatable bonds is 1. The zero-order chi connectivity index (χ0) is 9.97. The number of anilines is 1. The van der Waals surface area contributed by atoms with Crippen LogP contribution in [0.4, 0.5) is 5.82 Å². The van der Waals surface area contributed by atoms with Crippen LogP contribution in [0.15, 0.2) is 22.8 Å². The largest absolute Gasteiger partial charge is 0.374 e. The topological polar surface area (TPSA) is 36.4 Å². The van der Waals surface area contributed by atoms with Crippen molar-refractivity contribution in [3.05, 3.63) is 22.8 Å². The molecule has 0 spiro atoms. The lowest BCUT2D eigenvalue weighted by molar-refractivity contribution is 0.139. The molecule has 1 fully saturated rings. The molecule has 1 aliphatic rings. The molecule has 1 N–H and O–H groups in total. The van der Waals surface area contributed by atoms with Crippen LogP contribution in [-0.2, 0) is 0 Å². The minimum Gasteiger partial charge on any atom is -0.374 e. The minimum atomic E-state index is -0.380. The molecule has 1 saturated heterocycles. The van der Waals surface area contributed by atoms with Gasteiger partial charge in [0.05, 0.1) is 4.47 Å². The van der Waals surface area contributed by atoms with Crippen LogP contribution < -0.4 is 4.90 Å². The van der Waals surface area contributed by atoms with E-state index in [0.29, 0.717) is 0 Å². The Hall–Kier alpha value is -0.610. The van der Waals surface area contributed by atoms with Crippen molar-refractivity contribution in [1.82, 2.24) is 4.98 Å². The summed E-state index contributed by atoms with van der Waals surface area (Å²) in [6.07, 6.45) is 4.43. The third kappa shape index (κ3) is 1.91. The van der Waals surface area contributed by atoms with Crippen molar-refractivity contribution in [2.24, 2.45) is 0 Å². The second kappa shape index (κ2) is 4.28. The van der Waals surface area contributed by atoms with Gasteiger partial charge < -0.3 is 10.0 Å². The molecule has 0 saturated carbocycles. The van der Waals surface area contributed by atoms with E-state index in [1.165, 1.54) is 0 Å². The number of pyridine rings is 1. The maximum atomic E-state index is 9.81.